The van der Waals surface area contributed by atoms with Crippen LogP contribution in [-0.4, -0.2) is 75.2 Å². The van der Waals surface area contributed by atoms with Crippen LogP contribution >= 0.6 is 0 Å². The summed E-state index contributed by atoms with van der Waals surface area (Å²) in [6.07, 6.45) is 3.53. The summed E-state index contributed by atoms with van der Waals surface area (Å²) in [6, 6.07) is 23.0. The van der Waals surface area contributed by atoms with Gasteiger partial charge in [-0.2, -0.15) is 0 Å². The molecule has 11 heteroatoms. The summed E-state index contributed by atoms with van der Waals surface area (Å²) in [7, 11) is 0. The minimum atomic E-state index is -0.525. The molecular formula is C37H38N6O5. The predicted molar refractivity (Wildman–Crippen MR) is 183 cm³/mol. The van der Waals surface area contributed by atoms with Crippen molar-refractivity contribution in [2.24, 2.45) is 0 Å². The average molecular weight is 647 g/mol. The van der Waals surface area contributed by atoms with Gasteiger partial charge < -0.3 is 19.7 Å². The van der Waals surface area contributed by atoms with Crippen LogP contribution in [0.2, 0.25) is 0 Å². The second-order valence-electron chi connectivity index (χ2n) is 13.2. The Morgan fingerprint density at radius 2 is 1.69 bits per heavy atom. The number of hydrogen-bond acceptors (Lipinski definition) is 8. The van der Waals surface area contributed by atoms with E-state index >= 15 is 0 Å². The highest BCUT2D eigenvalue weighted by atomic mass is 16.6. The number of carbonyl (C=O) groups excluding carboxylic acids is 3. The number of rotatable bonds is 8. The number of hydrogen-bond donors (Lipinski definition) is 1. The Kier molecular flexibility index (Phi) is 8.20. The van der Waals surface area contributed by atoms with E-state index in [1.807, 2.05) is 49.6 Å². The van der Waals surface area contributed by atoms with Gasteiger partial charge in [0.2, 0.25) is 0 Å². The molecule has 246 valence electrons. The van der Waals surface area contributed by atoms with Gasteiger partial charge in [-0.15, -0.1) is 0 Å². The van der Waals surface area contributed by atoms with Crippen molar-refractivity contribution in [1.82, 2.24) is 24.8 Å². The third-order valence-corrected chi connectivity index (χ3v) is 8.68. The fraction of sp³-hybridized carbons (Fsp3) is 0.324. The molecule has 2 aliphatic rings. The normalized spacial score (nSPS) is 15.3. The number of nitrogens with zero attached hydrogens (tertiary/aromatic N) is 5. The van der Waals surface area contributed by atoms with Crippen LogP contribution in [0, 0.1) is 0 Å². The summed E-state index contributed by atoms with van der Waals surface area (Å²) in [5, 5.41) is 4.06. The lowest BCUT2D eigenvalue weighted by Crippen LogP contribution is -2.46. The number of fused-ring (bicyclic) bond motifs is 3. The van der Waals surface area contributed by atoms with Gasteiger partial charge in [-0.25, -0.2) is 14.8 Å². The van der Waals surface area contributed by atoms with E-state index < -0.39 is 5.60 Å². The summed E-state index contributed by atoms with van der Waals surface area (Å²) in [6.45, 7) is 7.82. The maximum atomic E-state index is 12.6. The monoisotopic (exact) mass is 646 g/mol. The molecule has 1 saturated heterocycles. The van der Waals surface area contributed by atoms with Crippen LogP contribution in [0.1, 0.15) is 60.7 Å². The summed E-state index contributed by atoms with van der Waals surface area (Å²) < 4.78 is 13.4. The first-order valence-corrected chi connectivity index (χ1v) is 16.3. The number of aromatic nitrogens is 3. The van der Waals surface area contributed by atoms with Gasteiger partial charge >= 0.3 is 6.09 Å². The predicted octanol–water partition coefficient (Wildman–Crippen LogP) is 6.13. The fourth-order valence-corrected chi connectivity index (χ4v) is 6.37. The summed E-state index contributed by atoms with van der Waals surface area (Å²) in [5.41, 5.74) is 4.02. The zero-order valence-corrected chi connectivity index (χ0v) is 27.3. The number of imide groups is 1. The van der Waals surface area contributed by atoms with Crippen LogP contribution in [0.3, 0.4) is 0 Å². The van der Waals surface area contributed by atoms with Crippen molar-refractivity contribution in [3.63, 3.8) is 0 Å². The van der Waals surface area contributed by atoms with Crippen LogP contribution in [0.4, 0.5) is 10.5 Å². The lowest BCUT2D eigenvalue weighted by atomic mass is 10.0. The van der Waals surface area contributed by atoms with Gasteiger partial charge in [0.05, 0.1) is 40.0 Å². The number of imidazole rings is 1. The highest BCUT2D eigenvalue weighted by Crippen LogP contribution is 2.30. The smallest absolute Gasteiger partial charge is 0.407 e. The van der Waals surface area contributed by atoms with Gasteiger partial charge in [0.25, 0.3) is 11.8 Å². The van der Waals surface area contributed by atoms with Crippen molar-refractivity contribution in [3.8, 4) is 11.6 Å². The minimum absolute atomic E-state index is 0.0668. The molecule has 3 amide bonds. The molecule has 0 atom stereocenters. The molecule has 1 fully saturated rings. The molecule has 0 bridgehead atoms. The molecule has 2 aromatic heterocycles. The van der Waals surface area contributed by atoms with E-state index in [0.29, 0.717) is 36.4 Å². The largest absolute Gasteiger partial charge is 0.493 e. The maximum absolute atomic E-state index is 12.6. The quantitative estimate of drug-likeness (QED) is 0.158. The summed E-state index contributed by atoms with van der Waals surface area (Å²) in [4.78, 5) is 50.9. The topological polar surface area (TPSA) is 119 Å². The van der Waals surface area contributed by atoms with Crippen molar-refractivity contribution in [1.29, 1.82) is 0 Å². The van der Waals surface area contributed by atoms with Gasteiger partial charge in [-0.1, -0.05) is 24.3 Å². The highest BCUT2D eigenvalue weighted by molar-refractivity contribution is 6.21. The third-order valence-electron chi connectivity index (χ3n) is 8.68. The summed E-state index contributed by atoms with van der Waals surface area (Å²) in [5.74, 6) is 0.908. The number of piperidine rings is 1. The van der Waals surface area contributed by atoms with Crippen molar-refractivity contribution in [2.75, 3.05) is 31.1 Å². The molecule has 48 heavy (non-hydrogen) atoms. The van der Waals surface area contributed by atoms with Gasteiger partial charge in [0.1, 0.15) is 23.5 Å². The number of amides is 3. The third kappa shape index (κ3) is 6.27. The lowest BCUT2D eigenvalue weighted by Gasteiger charge is -2.34. The van der Waals surface area contributed by atoms with Crippen LogP contribution < -0.4 is 15.0 Å². The second kappa shape index (κ2) is 12.6. The minimum Gasteiger partial charge on any atom is -0.493 e. The molecule has 4 heterocycles. The Bertz CT molecular complexity index is 1990. The zero-order valence-electron chi connectivity index (χ0n) is 27.3. The van der Waals surface area contributed by atoms with E-state index in [2.05, 4.69) is 39.5 Å². The Morgan fingerprint density at radius 3 is 2.42 bits per heavy atom. The van der Waals surface area contributed by atoms with Crippen molar-refractivity contribution in [3.05, 3.63) is 90.3 Å². The van der Waals surface area contributed by atoms with Crippen LogP contribution in [0.25, 0.3) is 27.8 Å². The first-order chi connectivity index (χ1) is 23.1. The number of para-hydroxylation sites is 1. The highest BCUT2D eigenvalue weighted by Gasteiger charge is 2.34. The molecule has 2 aliphatic heterocycles. The molecule has 0 radical (unpaired) electrons. The molecule has 0 saturated carbocycles. The van der Waals surface area contributed by atoms with E-state index in [9.17, 15) is 14.4 Å². The number of pyridine rings is 1. The summed E-state index contributed by atoms with van der Waals surface area (Å²) >= 11 is 0. The number of benzene rings is 3. The SMILES string of the molecule is CC(C)(C)OC(=O)NC1CCN(c2cccc3ccc(-n4cnc5cc(OCCCN6C(=O)c7ccccc7C6=O)ccc54)nc23)CC1. The number of anilines is 1. The van der Waals surface area contributed by atoms with Crippen molar-refractivity contribution in [2.45, 2.75) is 51.7 Å². The Labute approximate surface area is 278 Å². The Hall–Kier alpha value is -5.45. The van der Waals surface area contributed by atoms with Crippen LogP contribution in [-0.2, 0) is 4.74 Å². The van der Waals surface area contributed by atoms with Gasteiger partial charge in [-0.3, -0.25) is 19.1 Å². The first kappa shape index (κ1) is 31.2. The van der Waals surface area contributed by atoms with Gasteiger partial charge in [-0.05, 0) is 82.5 Å². The lowest BCUT2D eigenvalue weighted by molar-refractivity contribution is 0.0496. The Balaban J connectivity index is 1.00. The molecule has 0 unspecified atom stereocenters. The molecule has 5 aromatic rings. The van der Waals surface area contributed by atoms with E-state index in [4.69, 9.17) is 14.5 Å². The number of alkyl carbamates (subject to hydrolysis) is 1. The average Bonchev–Trinajstić information content (AvgIpc) is 3.60. The standard InChI is InChI=1S/C37H38N6O5/c1-37(2,3)48-36(46)39-25-16-19-41(20-17-25)31-11-6-8-24-12-15-32(40-33(24)31)43-23-38-29-22-26(13-14-30(29)43)47-21-7-18-42-34(44)27-9-4-5-10-28(27)35(42)45/h4-6,8-15,22-23,25H,7,16-21H2,1-3H3,(H,39,46). The Morgan fingerprint density at radius 1 is 0.938 bits per heavy atom. The molecule has 3 aromatic carbocycles. The maximum Gasteiger partial charge on any atom is 0.407 e. The van der Waals surface area contributed by atoms with Crippen molar-refractivity contribution >= 4 is 45.5 Å². The van der Waals surface area contributed by atoms with Crippen LogP contribution in [0.15, 0.2) is 79.1 Å². The molecule has 11 nitrogen and oxygen atoms in total. The first-order valence-electron chi connectivity index (χ1n) is 16.3. The van der Waals surface area contributed by atoms with Crippen LogP contribution in [0.5, 0.6) is 5.75 Å². The molecule has 0 spiro atoms. The van der Waals surface area contributed by atoms with E-state index in [1.54, 1.807) is 30.6 Å². The van der Waals surface area contributed by atoms with E-state index in [-0.39, 0.29) is 23.9 Å². The second-order valence-corrected chi connectivity index (χ2v) is 13.2. The molecule has 0 aliphatic carbocycles. The molecule has 7 rings (SSSR count). The van der Waals surface area contributed by atoms with Crippen molar-refractivity contribution < 1.29 is 23.9 Å². The molecular weight excluding hydrogens is 608 g/mol. The zero-order chi connectivity index (χ0) is 33.4. The van der Waals surface area contributed by atoms with Gasteiger partial charge in [0, 0.05) is 37.1 Å². The number of ether oxygens (including phenoxy) is 2. The van der Waals surface area contributed by atoms with E-state index in [1.165, 1.54) is 4.90 Å². The molecule has 1 N–H and O–H groups in total. The number of carbonyl (C=O) groups is 3. The van der Waals surface area contributed by atoms with Gasteiger partial charge in [0.15, 0.2) is 0 Å². The number of nitrogens with one attached hydrogen (secondary N) is 1. The fourth-order valence-electron chi connectivity index (χ4n) is 6.37. The van der Waals surface area contributed by atoms with E-state index in [0.717, 1.165) is 59.4 Å².